The second kappa shape index (κ2) is 4.44. The Morgan fingerprint density at radius 1 is 1.26 bits per heavy atom. The summed E-state index contributed by atoms with van der Waals surface area (Å²) in [5.41, 5.74) is 1.34. The molecule has 3 aromatic rings. The van der Waals surface area contributed by atoms with E-state index in [1.54, 1.807) is 34.9 Å². The van der Waals surface area contributed by atoms with Crippen LogP contribution in [0.15, 0.2) is 41.0 Å². The highest BCUT2D eigenvalue weighted by atomic mass is 79.9. The van der Waals surface area contributed by atoms with Gasteiger partial charge in [0.05, 0.1) is 17.2 Å². The molecule has 0 aliphatic carbocycles. The zero-order valence-electron chi connectivity index (χ0n) is 9.51. The number of benzene rings is 1. The summed E-state index contributed by atoms with van der Waals surface area (Å²) in [5.74, 6) is 0.0116. The minimum Gasteiger partial charge on any atom is -0.282 e. The van der Waals surface area contributed by atoms with Gasteiger partial charge < -0.3 is 0 Å². The Hall–Kier alpha value is -2.26. The van der Waals surface area contributed by atoms with Gasteiger partial charge in [-0.25, -0.2) is 4.39 Å². The van der Waals surface area contributed by atoms with Crippen molar-refractivity contribution in [2.24, 2.45) is 0 Å². The van der Waals surface area contributed by atoms with E-state index in [1.165, 1.54) is 6.07 Å². The molecule has 2 aromatic heterocycles. The predicted octanol–water partition coefficient (Wildman–Crippen LogP) is 3.17. The van der Waals surface area contributed by atoms with Crippen molar-refractivity contribution >= 4 is 21.6 Å². The Morgan fingerprint density at radius 3 is 2.84 bits per heavy atom. The van der Waals surface area contributed by atoms with Crippen LogP contribution in [0.25, 0.3) is 17.0 Å². The van der Waals surface area contributed by atoms with Crippen LogP contribution in [0.2, 0.25) is 0 Å². The van der Waals surface area contributed by atoms with E-state index in [0.717, 1.165) is 0 Å². The van der Waals surface area contributed by atoms with Crippen molar-refractivity contribution in [3.63, 3.8) is 0 Å². The lowest BCUT2D eigenvalue weighted by atomic mass is 10.2. The number of fused-ring (bicyclic) bond motifs is 1. The van der Waals surface area contributed by atoms with Gasteiger partial charge in [0, 0.05) is 16.7 Å². The summed E-state index contributed by atoms with van der Waals surface area (Å²) in [6.45, 7) is 0. The summed E-state index contributed by atoms with van der Waals surface area (Å²) >= 11 is 3.31. The fourth-order valence-electron chi connectivity index (χ4n) is 1.84. The number of nitrogens with zero attached hydrogens (tertiary/aromatic N) is 4. The molecule has 0 spiro atoms. The minimum absolute atomic E-state index is 0.347. The first kappa shape index (κ1) is 11.8. The molecule has 0 N–H and O–H groups in total. The van der Waals surface area contributed by atoms with Crippen molar-refractivity contribution in [2.75, 3.05) is 0 Å². The van der Waals surface area contributed by atoms with Gasteiger partial charge >= 0.3 is 0 Å². The maximum absolute atomic E-state index is 13.9. The summed E-state index contributed by atoms with van der Waals surface area (Å²) in [4.78, 5) is 0. The van der Waals surface area contributed by atoms with Gasteiger partial charge in [0.2, 0.25) is 0 Å². The molecular formula is C13H6BrFN4. The quantitative estimate of drug-likeness (QED) is 0.693. The van der Waals surface area contributed by atoms with E-state index in [-0.39, 0.29) is 5.82 Å². The molecule has 6 heteroatoms. The maximum atomic E-state index is 13.9. The molecule has 4 nitrogen and oxygen atoms in total. The standard InChI is InChI=1S/C13H6BrFN4/c14-9-2-1-3-10(15)12(9)13-18-17-11-6-8(7-16)4-5-19(11)13/h1-6H. The van der Waals surface area contributed by atoms with Gasteiger partial charge in [-0.1, -0.05) is 6.07 Å². The molecule has 0 saturated heterocycles. The molecule has 0 amide bonds. The zero-order valence-corrected chi connectivity index (χ0v) is 11.1. The number of halogens is 2. The minimum atomic E-state index is -0.381. The fourth-order valence-corrected chi connectivity index (χ4v) is 2.36. The Balaban J connectivity index is 2.30. The lowest BCUT2D eigenvalue weighted by molar-refractivity contribution is 0.629. The van der Waals surface area contributed by atoms with Crippen LogP contribution in [-0.4, -0.2) is 14.6 Å². The van der Waals surface area contributed by atoms with Crippen molar-refractivity contribution in [3.8, 4) is 17.5 Å². The molecule has 0 fully saturated rings. The molecule has 0 unspecified atom stereocenters. The fraction of sp³-hybridized carbons (Fsp3) is 0. The number of hydrogen-bond acceptors (Lipinski definition) is 3. The topological polar surface area (TPSA) is 54.0 Å². The van der Waals surface area contributed by atoms with Gasteiger partial charge in [-0.05, 0) is 34.1 Å². The first-order valence-electron chi connectivity index (χ1n) is 5.40. The van der Waals surface area contributed by atoms with Crippen molar-refractivity contribution < 1.29 is 4.39 Å². The third-order valence-electron chi connectivity index (χ3n) is 2.73. The van der Waals surface area contributed by atoms with Crippen LogP contribution >= 0.6 is 15.9 Å². The zero-order chi connectivity index (χ0) is 13.4. The first-order valence-corrected chi connectivity index (χ1v) is 6.19. The first-order chi connectivity index (χ1) is 9.20. The number of nitriles is 1. The van der Waals surface area contributed by atoms with E-state index < -0.39 is 0 Å². The molecular weight excluding hydrogens is 311 g/mol. The molecule has 92 valence electrons. The molecule has 0 aliphatic heterocycles. The van der Waals surface area contributed by atoms with Crippen LogP contribution in [0.5, 0.6) is 0 Å². The monoisotopic (exact) mass is 316 g/mol. The maximum Gasteiger partial charge on any atom is 0.172 e. The Morgan fingerprint density at radius 2 is 2.11 bits per heavy atom. The van der Waals surface area contributed by atoms with Crippen molar-refractivity contribution in [3.05, 3.63) is 52.4 Å². The Kier molecular flexibility index (Phi) is 2.76. The van der Waals surface area contributed by atoms with Gasteiger partial charge in [0.1, 0.15) is 5.82 Å². The van der Waals surface area contributed by atoms with E-state index in [9.17, 15) is 4.39 Å². The van der Waals surface area contributed by atoms with E-state index >= 15 is 0 Å². The Bertz CT molecular complexity index is 799. The van der Waals surface area contributed by atoms with Crippen LogP contribution in [0.4, 0.5) is 4.39 Å². The summed E-state index contributed by atoms with van der Waals surface area (Å²) < 4.78 is 16.2. The van der Waals surface area contributed by atoms with E-state index in [0.29, 0.717) is 27.1 Å². The third kappa shape index (κ3) is 1.88. The highest BCUT2D eigenvalue weighted by molar-refractivity contribution is 9.10. The second-order valence-corrected chi connectivity index (χ2v) is 4.73. The van der Waals surface area contributed by atoms with Gasteiger partial charge in [-0.15, -0.1) is 10.2 Å². The molecule has 3 rings (SSSR count). The average molecular weight is 317 g/mol. The second-order valence-electron chi connectivity index (χ2n) is 3.88. The van der Waals surface area contributed by atoms with Gasteiger partial charge in [0.15, 0.2) is 11.5 Å². The van der Waals surface area contributed by atoms with Crippen LogP contribution in [0.1, 0.15) is 5.56 Å². The van der Waals surface area contributed by atoms with Crippen molar-refractivity contribution in [1.82, 2.24) is 14.6 Å². The van der Waals surface area contributed by atoms with Crippen molar-refractivity contribution in [2.45, 2.75) is 0 Å². The summed E-state index contributed by atoms with van der Waals surface area (Å²) in [6.07, 6.45) is 1.65. The largest absolute Gasteiger partial charge is 0.282 e. The number of aromatic nitrogens is 3. The highest BCUT2D eigenvalue weighted by Crippen LogP contribution is 2.29. The predicted molar refractivity (Wildman–Crippen MR) is 70.8 cm³/mol. The molecule has 19 heavy (non-hydrogen) atoms. The van der Waals surface area contributed by atoms with Crippen molar-refractivity contribution in [1.29, 1.82) is 5.26 Å². The van der Waals surface area contributed by atoms with Crippen LogP contribution in [0.3, 0.4) is 0 Å². The number of pyridine rings is 1. The SMILES string of the molecule is N#Cc1ccn2c(-c3c(F)cccc3Br)nnc2c1. The van der Waals surface area contributed by atoms with Gasteiger partial charge in [0.25, 0.3) is 0 Å². The lowest BCUT2D eigenvalue weighted by Crippen LogP contribution is -1.93. The summed E-state index contributed by atoms with van der Waals surface area (Å²) in [7, 11) is 0. The summed E-state index contributed by atoms with van der Waals surface area (Å²) in [6, 6.07) is 9.98. The lowest BCUT2D eigenvalue weighted by Gasteiger charge is -2.04. The number of rotatable bonds is 1. The van der Waals surface area contributed by atoms with Crippen LogP contribution < -0.4 is 0 Å². The molecule has 1 aromatic carbocycles. The molecule has 0 bridgehead atoms. The molecule has 0 atom stereocenters. The highest BCUT2D eigenvalue weighted by Gasteiger charge is 2.15. The average Bonchev–Trinajstić information content (AvgIpc) is 2.81. The molecule has 0 aliphatic rings. The molecule has 0 radical (unpaired) electrons. The third-order valence-corrected chi connectivity index (χ3v) is 3.39. The van der Waals surface area contributed by atoms with Crippen LogP contribution in [-0.2, 0) is 0 Å². The number of hydrogen-bond donors (Lipinski definition) is 0. The normalized spacial score (nSPS) is 10.6. The van der Waals surface area contributed by atoms with Gasteiger partial charge in [-0.2, -0.15) is 5.26 Å². The Labute approximate surface area is 116 Å². The smallest absolute Gasteiger partial charge is 0.172 e. The van der Waals surface area contributed by atoms with E-state index in [2.05, 4.69) is 26.1 Å². The van der Waals surface area contributed by atoms with Gasteiger partial charge in [-0.3, -0.25) is 4.40 Å². The summed E-state index contributed by atoms with van der Waals surface area (Å²) in [5, 5.41) is 16.8. The molecule has 2 heterocycles. The van der Waals surface area contributed by atoms with E-state index in [4.69, 9.17) is 5.26 Å². The van der Waals surface area contributed by atoms with Crippen LogP contribution in [0, 0.1) is 17.1 Å². The molecule has 0 saturated carbocycles. The van der Waals surface area contributed by atoms with E-state index in [1.807, 2.05) is 6.07 Å².